The number of allylic oxidation sites excluding steroid dienone is 1. The third-order valence-electron chi connectivity index (χ3n) is 2.85. The zero-order chi connectivity index (χ0) is 12.3. The van der Waals surface area contributed by atoms with Crippen LogP contribution >= 0.6 is 15.9 Å². The molecule has 0 amide bonds. The first-order valence-corrected chi connectivity index (χ1v) is 6.98. The van der Waals surface area contributed by atoms with Crippen molar-refractivity contribution in [3.8, 4) is 0 Å². The molecule has 1 aromatic carbocycles. The smallest absolute Gasteiger partial charge is 0.0705 e. The predicted molar refractivity (Wildman–Crippen MR) is 78.5 cm³/mol. The Morgan fingerprint density at radius 2 is 2.12 bits per heavy atom. The number of aromatic nitrogens is 1. The number of benzene rings is 1. The first kappa shape index (κ1) is 12.3. The van der Waals surface area contributed by atoms with E-state index in [0.29, 0.717) is 0 Å². The Kier molecular flexibility index (Phi) is 3.95. The monoisotopic (exact) mass is 289 g/mol. The molecule has 0 aliphatic heterocycles. The Labute approximate surface area is 111 Å². The molecule has 0 spiro atoms. The van der Waals surface area contributed by atoms with Gasteiger partial charge in [-0.25, -0.2) is 0 Å². The van der Waals surface area contributed by atoms with E-state index in [9.17, 15) is 0 Å². The molecule has 0 unspecified atom stereocenters. The lowest BCUT2D eigenvalue weighted by atomic mass is 10.1. The summed E-state index contributed by atoms with van der Waals surface area (Å²) in [5.41, 5.74) is 4.79. The molecule has 0 atom stereocenters. The van der Waals surface area contributed by atoms with Crippen molar-refractivity contribution in [3.05, 3.63) is 47.2 Å². The second-order valence-corrected chi connectivity index (χ2v) is 4.76. The van der Waals surface area contributed by atoms with E-state index < -0.39 is 0 Å². The van der Waals surface area contributed by atoms with E-state index in [1.165, 1.54) is 16.5 Å². The van der Waals surface area contributed by atoms with Crippen LogP contribution < -0.4 is 0 Å². The fourth-order valence-corrected chi connectivity index (χ4v) is 2.36. The highest BCUT2D eigenvalue weighted by atomic mass is 79.9. The molecule has 1 aromatic heterocycles. The molecule has 0 saturated heterocycles. The number of pyridine rings is 1. The third-order valence-corrected chi connectivity index (χ3v) is 3.57. The maximum absolute atomic E-state index is 4.51. The molecule has 2 aromatic rings. The van der Waals surface area contributed by atoms with Crippen LogP contribution in [0.3, 0.4) is 0 Å². The zero-order valence-corrected chi connectivity index (χ0v) is 11.8. The third kappa shape index (κ3) is 2.95. The van der Waals surface area contributed by atoms with E-state index in [4.69, 9.17) is 0 Å². The molecular weight excluding hydrogens is 274 g/mol. The number of alkyl halides is 1. The summed E-state index contributed by atoms with van der Waals surface area (Å²) in [5, 5.41) is 2.14. The Morgan fingerprint density at radius 3 is 2.82 bits per heavy atom. The first-order chi connectivity index (χ1) is 8.22. The minimum Gasteiger partial charge on any atom is -0.253 e. The summed E-state index contributed by atoms with van der Waals surface area (Å²) in [7, 11) is 0. The van der Waals surface area contributed by atoms with Gasteiger partial charge in [0.05, 0.1) is 5.52 Å². The summed E-state index contributed by atoms with van der Waals surface area (Å²) in [6, 6.07) is 10.6. The summed E-state index contributed by atoms with van der Waals surface area (Å²) in [4.78, 5) is 4.51. The molecule has 17 heavy (non-hydrogen) atoms. The van der Waals surface area contributed by atoms with Gasteiger partial charge in [-0.1, -0.05) is 46.6 Å². The largest absolute Gasteiger partial charge is 0.253 e. The standard InChI is InChI=1S/C15H16BrN/c1-3-12(10-16)8-13-5-7-15-14(9-13)6-4-11(2)17-15/h4-9H,3,10H2,1-2H3/b12-8-. The quantitative estimate of drug-likeness (QED) is 0.745. The lowest BCUT2D eigenvalue weighted by Crippen LogP contribution is -1.85. The van der Waals surface area contributed by atoms with Gasteiger partial charge in [0.25, 0.3) is 0 Å². The fourth-order valence-electron chi connectivity index (χ4n) is 1.81. The number of fused-ring (bicyclic) bond motifs is 1. The average molecular weight is 290 g/mol. The molecule has 88 valence electrons. The van der Waals surface area contributed by atoms with E-state index in [1.807, 2.05) is 6.92 Å². The predicted octanol–water partition coefficient (Wildman–Crippen LogP) is 4.73. The summed E-state index contributed by atoms with van der Waals surface area (Å²) in [6.07, 6.45) is 3.32. The van der Waals surface area contributed by atoms with Gasteiger partial charge in [0, 0.05) is 16.4 Å². The molecule has 0 saturated carbocycles. The molecule has 2 heteroatoms. The number of nitrogens with zero attached hydrogens (tertiary/aromatic N) is 1. The SMILES string of the molecule is CC/C(=C/c1ccc2nc(C)ccc2c1)CBr. The number of aryl methyl sites for hydroxylation is 1. The fraction of sp³-hybridized carbons (Fsp3) is 0.267. The summed E-state index contributed by atoms with van der Waals surface area (Å²) in [6.45, 7) is 4.20. The lowest BCUT2D eigenvalue weighted by Gasteiger charge is -2.03. The van der Waals surface area contributed by atoms with Crippen molar-refractivity contribution in [1.29, 1.82) is 0 Å². The summed E-state index contributed by atoms with van der Waals surface area (Å²) < 4.78 is 0. The first-order valence-electron chi connectivity index (χ1n) is 5.85. The minimum atomic E-state index is 0.938. The van der Waals surface area contributed by atoms with Crippen LogP contribution in [-0.4, -0.2) is 10.3 Å². The minimum absolute atomic E-state index is 0.938. The van der Waals surface area contributed by atoms with Crippen molar-refractivity contribution in [2.75, 3.05) is 5.33 Å². The van der Waals surface area contributed by atoms with Crippen LogP contribution in [0.2, 0.25) is 0 Å². The van der Waals surface area contributed by atoms with Gasteiger partial charge < -0.3 is 0 Å². The molecule has 0 N–H and O–H groups in total. The van der Waals surface area contributed by atoms with E-state index in [0.717, 1.165) is 23.0 Å². The average Bonchev–Trinajstić information content (AvgIpc) is 2.36. The Bertz CT molecular complexity index is 552. The molecule has 2 rings (SSSR count). The molecular formula is C15H16BrN. The van der Waals surface area contributed by atoms with Gasteiger partial charge in [-0.3, -0.25) is 4.98 Å². The number of hydrogen-bond acceptors (Lipinski definition) is 1. The zero-order valence-electron chi connectivity index (χ0n) is 10.2. The highest BCUT2D eigenvalue weighted by Gasteiger charge is 1.98. The Morgan fingerprint density at radius 1 is 1.29 bits per heavy atom. The van der Waals surface area contributed by atoms with E-state index >= 15 is 0 Å². The molecule has 0 fully saturated rings. The maximum Gasteiger partial charge on any atom is 0.0705 e. The van der Waals surface area contributed by atoms with E-state index in [1.54, 1.807) is 0 Å². The van der Waals surface area contributed by atoms with Gasteiger partial charge in [0.15, 0.2) is 0 Å². The van der Waals surface area contributed by atoms with Gasteiger partial charge in [0.1, 0.15) is 0 Å². The van der Waals surface area contributed by atoms with Crippen LogP contribution in [0.4, 0.5) is 0 Å². The number of halogens is 1. The maximum atomic E-state index is 4.51. The van der Waals surface area contributed by atoms with Crippen LogP contribution in [0.25, 0.3) is 17.0 Å². The van der Waals surface area contributed by atoms with Crippen molar-refractivity contribution >= 4 is 32.9 Å². The highest BCUT2D eigenvalue weighted by Crippen LogP contribution is 2.18. The van der Waals surface area contributed by atoms with E-state index in [-0.39, 0.29) is 0 Å². The molecule has 1 heterocycles. The number of hydrogen-bond donors (Lipinski definition) is 0. The van der Waals surface area contributed by atoms with Crippen molar-refractivity contribution in [2.24, 2.45) is 0 Å². The van der Waals surface area contributed by atoms with Crippen LogP contribution in [0, 0.1) is 6.92 Å². The van der Waals surface area contributed by atoms with Crippen LogP contribution in [0.15, 0.2) is 35.9 Å². The van der Waals surface area contributed by atoms with Crippen LogP contribution in [0.1, 0.15) is 24.6 Å². The van der Waals surface area contributed by atoms with Gasteiger partial charge in [-0.15, -0.1) is 0 Å². The second-order valence-electron chi connectivity index (χ2n) is 4.19. The molecule has 1 nitrogen and oxygen atoms in total. The summed E-state index contributed by atoms with van der Waals surface area (Å²) in [5.74, 6) is 0. The molecule has 0 aliphatic carbocycles. The Hall–Kier alpha value is -1.15. The lowest BCUT2D eigenvalue weighted by molar-refractivity contribution is 1.12. The van der Waals surface area contributed by atoms with Crippen molar-refractivity contribution in [3.63, 3.8) is 0 Å². The van der Waals surface area contributed by atoms with Crippen molar-refractivity contribution in [1.82, 2.24) is 4.98 Å². The molecule has 0 bridgehead atoms. The Balaban J connectivity index is 2.44. The van der Waals surface area contributed by atoms with Crippen LogP contribution in [-0.2, 0) is 0 Å². The van der Waals surface area contributed by atoms with Gasteiger partial charge in [0.2, 0.25) is 0 Å². The van der Waals surface area contributed by atoms with Gasteiger partial charge >= 0.3 is 0 Å². The van der Waals surface area contributed by atoms with E-state index in [2.05, 4.69) is 64.2 Å². The summed E-state index contributed by atoms with van der Waals surface area (Å²) >= 11 is 3.51. The van der Waals surface area contributed by atoms with Gasteiger partial charge in [-0.05, 0) is 37.1 Å². The van der Waals surface area contributed by atoms with Gasteiger partial charge in [-0.2, -0.15) is 0 Å². The van der Waals surface area contributed by atoms with Crippen molar-refractivity contribution < 1.29 is 0 Å². The molecule has 0 radical (unpaired) electrons. The van der Waals surface area contributed by atoms with Crippen molar-refractivity contribution in [2.45, 2.75) is 20.3 Å². The van der Waals surface area contributed by atoms with Crippen LogP contribution in [0.5, 0.6) is 0 Å². The second kappa shape index (κ2) is 5.46. The highest BCUT2D eigenvalue weighted by molar-refractivity contribution is 9.09. The topological polar surface area (TPSA) is 12.9 Å². The number of rotatable bonds is 3. The molecule has 0 aliphatic rings. The normalized spacial score (nSPS) is 12.1.